The fourth-order valence-electron chi connectivity index (χ4n) is 3.52. The number of fused-ring (bicyclic) bond motifs is 1. The first-order valence-electron chi connectivity index (χ1n) is 9.80. The van der Waals surface area contributed by atoms with Crippen LogP contribution >= 0.6 is 0 Å². The van der Waals surface area contributed by atoms with Gasteiger partial charge in [0.25, 0.3) is 0 Å². The minimum atomic E-state index is -0.137. The van der Waals surface area contributed by atoms with Crippen LogP contribution < -0.4 is 14.8 Å². The largest absolute Gasteiger partial charge is 0.454 e. The first-order valence-corrected chi connectivity index (χ1v) is 9.80. The monoisotopic (exact) mass is 403 g/mol. The lowest BCUT2D eigenvalue weighted by Gasteiger charge is -2.30. The van der Waals surface area contributed by atoms with E-state index in [0.717, 1.165) is 5.56 Å². The molecule has 2 aromatic rings. The van der Waals surface area contributed by atoms with Gasteiger partial charge in [0.15, 0.2) is 11.5 Å². The third-order valence-electron chi connectivity index (χ3n) is 5.28. The van der Waals surface area contributed by atoms with Gasteiger partial charge < -0.3 is 19.7 Å². The molecule has 0 bridgehead atoms. The second kappa shape index (κ2) is 8.70. The molecule has 0 atom stereocenters. The second-order valence-corrected chi connectivity index (χ2v) is 7.22. The van der Waals surface area contributed by atoms with E-state index in [2.05, 4.69) is 11.4 Å². The van der Waals surface area contributed by atoms with Crippen molar-refractivity contribution >= 4 is 23.6 Å². The fraction of sp³-hybridized carbons (Fsp3) is 0.261. The van der Waals surface area contributed by atoms with Crippen LogP contribution in [0, 0.1) is 17.2 Å². The van der Waals surface area contributed by atoms with Crippen LogP contribution in [0.3, 0.4) is 0 Å². The molecule has 2 amide bonds. The van der Waals surface area contributed by atoms with Crippen molar-refractivity contribution < 1.29 is 19.1 Å². The predicted molar refractivity (Wildman–Crippen MR) is 111 cm³/mol. The normalized spacial score (nSPS) is 15.8. The fourth-order valence-corrected chi connectivity index (χ4v) is 3.52. The maximum absolute atomic E-state index is 12.6. The van der Waals surface area contributed by atoms with Crippen LogP contribution in [0.4, 0.5) is 5.69 Å². The molecule has 2 aliphatic rings. The van der Waals surface area contributed by atoms with E-state index in [1.54, 1.807) is 53.4 Å². The number of carbonyl (C=O) groups excluding carboxylic acids is 2. The molecule has 0 radical (unpaired) electrons. The van der Waals surface area contributed by atoms with E-state index in [1.165, 1.54) is 6.08 Å². The van der Waals surface area contributed by atoms with E-state index in [0.29, 0.717) is 48.7 Å². The Bertz CT molecular complexity index is 1020. The number of carbonyl (C=O) groups is 2. The molecule has 7 nitrogen and oxygen atoms in total. The maximum Gasteiger partial charge on any atom is 0.246 e. The van der Waals surface area contributed by atoms with Crippen LogP contribution in [-0.2, 0) is 9.59 Å². The highest BCUT2D eigenvalue weighted by Gasteiger charge is 2.27. The number of ether oxygens (including phenoxy) is 2. The average molecular weight is 403 g/mol. The third kappa shape index (κ3) is 4.44. The van der Waals surface area contributed by atoms with E-state index < -0.39 is 0 Å². The molecule has 4 rings (SSSR count). The molecule has 7 heteroatoms. The lowest BCUT2D eigenvalue weighted by molar-refractivity contribution is -0.130. The first-order chi connectivity index (χ1) is 14.6. The van der Waals surface area contributed by atoms with Crippen molar-refractivity contribution in [2.75, 3.05) is 25.2 Å². The van der Waals surface area contributed by atoms with Gasteiger partial charge in [0, 0.05) is 36.8 Å². The zero-order valence-corrected chi connectivity index (χ0v) is 16.3. The molecule has 30 heavy (non-hydrogen) atoms. The zero-order chi connectivity index (χ0) is 20.9. The number of anilines is 1. The van der Waals surface area contributed by atoms with E-state index in [1.807, 2.05) is 0 Å². The molecule has 2 aromatic carbocycles. The van der Waals surface area contributed by atoms with Gasteiger partial charge in [0.2, 0.25) is 18.6 Å². The Morgan fingerprint density at radius 2 is 1.80 bits per heavy atom. The summed E-state index contributed by atoms with van der Waals surface area (Å²) >= 11 is 0. The zero-order valence-electron chi connectivity index (χ0n) is 16.3. The van der Waals surface area contributed by atoms with Crippen LogP contribution in [0.1, 0.15) is 24.0 Å². The molecule has 0 spiro atoms. The number of nitrogens with one attached hydrogen (secondary N) is 1. The number of rotatable bonds is 4. The van der Waals surface area contributed by atoms with Crippen molar-refractivity contribution in [2.45, 2.75) is 12.8 Å². The summed E-state index contributed by atoms with van der Waals surface area (Å²) in [6.07, 6.45) is 4.51. The summed E-state index contributed by atoms with van der Waals surface area (Å²) in [6.45, 7) is 1.27. The molecular formula is C23H21N3O4. The molecule has 152 valence electrons. The highest BCUT2D eigenvalue weighted by Crippen LogP contribution is 2.34. The number of nitrogens with zero attached hydrogens (tertiary/aromatic N) is 2. The SMILES string of the molecule is N#Cc1ccc(/C=C/C(=O)N2CCC(C(=O)Nc3ccc4c(c3)OCO4)CC2)cc1. The van der Waals surface area contributed by atoms with Crippen molar-refractivity contribution in [3.8, 4) is 17.6 Å². The van der Waals surface area contributed by atoms with E-state index in [-0.39, 0.29) is 24.5 Å². The molecule has 0 aromatic heterocycles. The average Bonchev–Trinajstić information content (AvgIpc) is 3.26. The summed E-state index contributed by atoms with van der Waals surface area (Å²) in [5.41, 5.74) is 2.12. The minimum Gasteiger partial charge on any atom is -0.454 e. The number of amides is 2. The van der Waals surface area contributed by atoms with Crippen molar-refractivity contribution in [3.05, 3.63) is 59.7 Å². The standard InChI is InChI=1S/C23H21N3O4/c24-14-17-3-1-16(2-4-17)5-8-22(27)26-11-9-18(10-12-26)23(28)25-19-6-7-20-21(13-19)30-15-29-20/h1-8,13,18H,9-12,15H2,(H,25,28)/b8-5+. The molecule has 0 unspecified atom stereocenters. The topological polar surface area (TPSA) is 91.7 Å². The van der Waals surface area contributed by atoms with Crippen molar-refractivity contribution in [3.63, 3.8) is 0 Å². The third-order valence-corrected chi connectivity index (χ3v) is 5.28. The summed E-state index contributed by atoms with van der Waals surface area (Å²) in [6, 6.07) is 14.4. The maximum atomic E-state index is 12.6. The number of hydrogen-bond acceptors (Lipinski definition) is 5. The van der Waals surface area contributed by atoms with Crippen molar-refractivity contribution in [1.82, 2.24) is 4.90 Å². The molecule has 1 fully saturated rings. The summed E-state index contributed by atoms with van der Waals surface area (Å²) < 4.78 is 10.6. The molecule has 1 N–H and O–H groups in total. The second-order valence-electron chi connectivity index (χ2n) is 7.22. The number of piperidine rings is 1. The van der Waals surface area contributed by atoms with Crippen LogP contribution in [0.25, 0.3) is 6.08 Å². The smallest absolute Gasteiger partial charge is 0.246 e. The molecule has 2 heterocycles. The summed E-state index contributed by atoms with van der Waals surface area (Å²) in [7, 11) is 0. The highest BCUT2D eigenvalue weighted by molar-refractivity contribution is 5.94. The number of hydrogen-bond donors (Lipinski definition) is 1. The van der Waals surface area contributed by atoms with Gasteiger partial charge >= 0.3 is 0 Å². The summed E-state index contributed by atoms with van der Waals surface area (Å²) in [5.74, 6) is 1.04. The quantitative estimate of drug-likeness (QED) is 0.792. The number of benzene rings is 2. The predicted octanol–water partition coefficient (Wildman–Crippen LogP) is 3.18. The Morgan fingerprint density at radius 3 is 2.53 bits per heavy atom. The van der Waals surface area contributed by atoms with Crippen LogP contribution in [0.15, 0.2) is 48.5 Å². The van der Waals surface area contributed by atoms with E-state index in [9.17, 15) is 9.59 Å². The molecular weight excluding hydrogens is 382 g/mol. The molecule has 1 saturated heterocycles. The van der Waals surface area contributed by atoms with Gasteiger partial charge in [-0.3, -0.25) is 9.59 Å². The Kier molecular flexibility index (Phi) is 5.66. The van der Waals surface area contributed by atoms with E-state index in [4.69, 9.17) is 14.7 Å². The van der Waals surface area contributed by atoms with Gasteiger partial charge in [-0.1, -0.05) is 12.1 Å². The van der Waals surface area contributed by atoms with Crippen molar-refractivity contribution in [1.29, 1.82) is 5.26 Å². The first kappa shape index (κ1) is 19.5. The van der Waals surface area contributed by atoms with Crippen LogP contribution in [0.5, 0.6) is 11.5 Å². The Morgan fingerprint density at radius 1 is 1.07 bits per heavy atom. The minimum absolute atomic E-state index is 0.0471. The van der Waals surface area contributed by atoms with Gasteiger partial charge in [-0.25, -0.2) is 0 Å². The Labute approximate surface area is 174 Å². The van der Waals surface area contributed by atoms with Crippen LogP contribution in [0.2, 0.25) is 0 Å². The number of likely N-dealkylation sites (tertiary alicyclic amines) is 1. The molecule has 2 aliphatic heterocycles. The lowest BCUT2D eigenvalue weighted by Crippen LogP contribution is -2.40. The van der Waals surface area contributed by atoms with Gasteiger partial charge in [-0.2, -0.15) is 5.26 Å². The Hall–Kier alpha value is -3.79. The van der Waals surface area contributed by atoms with Gasteiger partial charge in [0.05, 0.1) is 11.6 Å². The van der Waals surface area contributed by atoms with Crippen LogP contribution in [-0.4, -0.2) is 36.6 Å². The van der Waals surface area contributed by atoms with Gasteiger partial charge in [-0.15, -0.1) is 0 Å². The lowest BCUT2D eigenvalue weighted by atomic mass is 9.95. The van der Waals surface area contributed by atoms with Gasteiger partial charge in [0.1, 0.15) is 0 Å². The molecule has 0 saturated carbocycles. The summed E-state index contributed by atoms with van der Waals surface area (Å²) in [5, 5.41) is 11.8. The highest BCUT2D eigenvalue weighted by atomic mass is 16.7. The van der Waals surface area contributed by atoms with Crippen molar-refractivity contribution in [2.24, 2.45) is 5.92 Å². The van der Waals surface area contributed by atoms with Gasteiger partial charge in [-0.05, 0) is 48.7 Å². The summed E-state index contributed by atoms with van der Waals surface area (Å²) in [4.78, 5) is 26.8. The number of nitriles is 1. The Balaban J connectivity index is 1.27. The molecule has 0 aliphatic carbocycles. The van der Waals surface area contributed by atoms with E-state index >= 15 is 0 Å².